The fourth-order valence-electron chi connectivity index (χ4n) is 3.15. The van der Waals surface area contributed by atoms with E-state index >= 15 is 0 Å². The molecule has 0 radical (unpaired) electrons. The molecule has 0 fully saturated rings. The van der Waals surface area contributed by atoms with Crippen LogP contribution in [0.2, 0.25) is 0 Å². The molecule has 0 saturated heterocycles. The van der Waals surface area contributed by atoms with E-state index in [2.05, 4.69) is 11.9 Å². The summed E-state index contributed by atoms with van der Waals surface area (Å²) in [5, 5.41) is 8.40. The van der Waals surface area contributed by atoms with Crippen LogP contribution in [0.5, 0.6) is 0 Å². The number of rotatable bonds is 7. The Morgan fingerprint density at radius 1 is 1.17 bits per heavy atom. The number of hydrogen-bond donors (Lipinski definition) is 3. The number of allylic oxidation sites excluding steroid dienone is 4. The minimum atomic E-state index is -3.78. The van der Waals surface area contributed by atoms with E-state index in [0.29, 0.717) is 5.56 Å². The second-order valence-corrected chi connectivity index (χ2v) is 8.14. The van der Waals surface area contributed by atoms with E-state index in [1.807, 2.05) is 56.3 Å². The summed E-state index contributed by atoms with van der Waals surface area (Å²) >= 11 is 0. The predicted octanol–water partition coefficient (Wildman–Crippen LogP) is 3.79. The van der Waals surface area contributed by atoms with Gasteiger partial charge in [-0.25, -0.2) is 13.6 Å². The molecule has 0 heterocycles. The number of primary sulfonamides is 1. The van der Waals surface area contributed by atoms with E-state index < -0.39 is 10.0 Å². The molecular weight excluding hydrogens is 382 g/mol. The van der Waals surface area contributed by atoms with Crippen LogP contribution < -0.4 is 16.2 Å². The SMILES string of the molecule is C=Cc1c(C)cccc1C(/C=C\N)=C(C)\C=C(/NC)c1cccc(S(N)(=O)=O)c1. The van der Waals surface area contributed by atoms with Crippen molar-refractivity contribution < 1.29 is 8.42 Å². The van der Waals surface area contributed by atoms with Gasteiger partial charge in [0.1, 0.15) is 0 Å². The van der Waals surface area contributed by atoms with Crippen molar-refractivity contribution in [3.63, 3.8) is 0 Å². The van der Waals surface area contributed by atoms with Crippen LogP contribution in [0.3, 0.4) is 0 Å². The molecule has 29 heavy (non-hydrogen) atoms. The third kappa shape index (κ3) is 5.25. The first kappa shape index (κ1) is 22.2. The zero-order chi connectivity index (χ0) is 21.6. The zero-order valence-corrected chi connectivity index (χ0v) is 17.8. The Labute approximate surface area is 173 Å². The number of benzene rings is 2. The van der Waals surface area contributed by atoms with Gasteiger partial charge >= 0.3 is 0 Å². The first-order chi connectivity index (χ1) is 13.7. The molecular formula is C23H27N3O2S. The van der Waals surface area contributed by atoms with Crippen LogP contribution in [0.25, 0.3) is 17.3 Å². The fraction of sp³-hybridized carbons (Fsp3) is 0.130. The number of aryl methyl sites for hydroxylation is 1. The fourth-order valence-corrected chi connectivity index (χ4v) is 3.71. The Bertz CT molecular complexity index is 1110. The lowest BCUT2D eigenvalue weighted by Gasteiger charge is -2.14. The van der Waals surface area contributed by atoms with Crippen molar-refractivity contribution in [2.24, 2.45) is 10.9 Å². The molecule has 0 unspecified atom stereocenters. The quantitative estimate of drug-likeness (QED) is 0.606. The summed E-state index contributed by atoms with van der Waals surface area (Å²) in [6.45, 7) is 7.95. The summed E-state index contributed by atoms with van der Waals surface area (Å²) < 4.78 is 23.4. The smallest absolute Gasteiger partial charge is 0.238 e. The number of nitrogens with two attached hydrogens (primary N) is 2. The average molecular weight is 410 g/mol. The van der Waals surface area contributed by atoms with Gasteiger partial charge in [0.2, 0.25) is 10.0 Å². The van der Waals surface area contributed by atoms with Gasteiger partial charge in [-0.3, -0.25) is 0 Å². The average Bonchev–Trinajstić information content (AvgIpc) is 2.69. The van der Waals surface area contributed by atoms with Gasteiger partial charge in [0.05, 0.1) is 4.90 Å². The predicted molar refractivity (Wildman–Crippen MR) is 122 cm³/mol. The topological polar surface area (TPSA) is 98.2 Å². The van der Waals surface area contributed by atoms with Crippen LogP contribution in [-0.4, -0.2) is 15.5 Å². The summed E-state index contributed by atoms with van der Waals surface area (Å²) in [5.41, 5.74) is 12.3. The third-order valence-corrected chi connectivity index (χ3v) is 5.52. The monoisotopic (exact) mass is 409 g/mol. The van der Waals surface area contributed by atoms with E-state index in [9.17, 15) is 8.42 Å². The van der Waals surface area contributed by atoms with Crippen molar-refractivity contribution in [2.45, 2.75) is 18.7 Å². The highest BCUT2D eigenvalue weighted by molar-refractivity contribution is 7.89. The number of hydrogen-bond acceptors (Lipinski definition) is 4. The summed E-state index contributed by atoms with van der Waals surface area (Å²) in [4.78, 5) is 0.0625. The summed E-state index contributed by atoms with van der Waals surface area (Å²) in [6.07, 6.45) is 7.14. The third-order valence-electron chi connectivity index (χ3n) is 4.61. The molecule has 0 amide bonds. The van der Waals surface area contributed by atoms with Crippen LogP contribution in [0.1, 0.15) is 29.2 Å². The van der Waals surface area contributed by atoms with Crippen molar-refractivity contribution >= 4 is 27.4 Å². The maximum atomic E-state index is 11.7. The van der Waals surface area contributed by atoms with E-state index in [-0.39, 0.29) is 4.90 Å². The summed E-state index contributed by atoms with van der Waals surface area (Å²) in [5.74, 6) is 0. The molecule has 0 saturated carbocycles. The Morgan fingerprint density at radius 2 is 1.86 bits per heavy atom. The Hall–Kier alpha value is -3.09. The molecule has 2 rings (SSSR count). The van der Waals surface area contributed by atoms with Gasteiger partial charge in [-0.15, -0.1) is 0 Å². The molecule has 0 aliphatic rings. The van der Waals surface area contributed by atoms with Crippen molar-refractivity contribution in [2.75, 3.05) is 7.05 Å². The number of sulfonamides is 1. The maximum absolute atomic E-state index is 11.7. The lowest BCUT2D eigenvalue weighted by Crippen LogP contribution is -2.13. The lowest BCUT2D eigenvalue weighted by molar-refractivity contribution is 0.598. The molecule has 0 atom stereocenters. The van der Waals surface area contributed by atoms with Gasteiger partial charge < -0.3 is 11.1 Å². The standard InChI is InChI=1S/C23H27N3O2S/c1-5-20-16(2)8-6-11-22(20)21(12-13-24)17(3)14-23(26-4)18-9-7-10-19(15-18)29(25,27)28/h5-15,26H,1,24H2,2-4H3,(H2,25,27,28)/b13-12-,21-17-,23-14-. The zero-order valence-electron chi connectivity index (χ0n) is 16.9. The molecule has 6 heteroatoms. The van der Waals surface area contributed by atoms with Crippen LogP contribution in [0, 0.1) is 6.92 Å². The molecule has 0 bridgehead atoms. The van der Waals surface area contributed by atoms with Gasteiger partial charge in [0, 0.05) is 12.7 Å². The van der Waals surface area contributed by atoms with Gasteiger partial charge in [-0.05, 0) is 77.7 Å². The van der Waals surface area contributed by atoms with Crippen molar-refractivity contribution in [3.8, 4) is 0 Å². The first-order valence-electron chi connectivity index (χ1n) is 9.07. The number of nitrogens with one attached hydrogen (secondary N) is 1. The molecule has 5 nitrogen and oxygen atoms in total. The van der Waals surface area contributed by atoms with Crippen molar-refractivity contribution in [3.05, 3.63) is 95.2 Å². The second-order valence-electron chi connectivity index (χ2n) is 6.58. The van der Waals surface area contributed by atoms with Crippen LogP contribution in [0.15, 0.2) is 77.9 Å². The Balaban J connectivity index is 2.68. The van der Waals surface area contributed by atoms with Gasteiger partial charge in [-0.1, -0.05) is 43.0 Å². The highest BCUT2D eigenvalue weighted by Crippen LogP contribution is 2.29. The molecule has 0 aromatic heterocycles. The molecule has 0 spiro atoms. The van der Waals surface area contributed by atoms with E-state index in [4.69, 9.17) is 10.9 Å². The van der Waals surface area contributed by atoms with Gasteiger partial charge in [0.15, 0.2) is 0 Å². The van der Waals surface area contributed by atoms with Crippen LogP contribution in [0.4, 0.5) is 0 Å². The second kappa shape index (κ2) is 9.41. The largest absolute Gasteiger partial charge is 0.405 e. The van der Waals surface area contributed by atoms with E-state index in [1.54, 1.807) is 19.2 Å². The lowest BCUT2D eigenvalue weighted by atomic mass is 9.92. The van der Waals surface area contributed by atoms with Crippen LogP contribution in [-0.2, 0) is 10.0 Å². The Kier molecular flexibility index (Phi) is 7.20. The highest BCUT2D eigenvalue weighted by Gasteiger charge is 2.12. The molecule has 152 valence electrons. The molecule has 5 N–H and O–H groups in total. The van der Waals surface area contributed by atoms with Crippen LogP contribution >= 0.6 is 0 Å². The minimum Gasteiger partial charge on any atom is -0.405 e. The normalized spacial score (nSPS) is 13.3. The van der Waals surface area contributed by atoms with Crippen molar-refractivity contribution in [1.29, 1.82) is 0 Å². The van der Waals surface area contributed by atoms with E-state index in [0.717, 1.165) is 33.5 Å². The minimum absolute atomic E-state index is 0.0625. The highest BCUT2D eigenvalue weighted by atomic mass is 32.2. The molecule has 2 aromatic rings. The molecule has 0 aliphatic carbocycles. The molecule has 0 aliphatic heterocycles. The first-order valence-corrected chi connectivity index (χ1v) is 10.6. The van der Waals surface area contributed by atoms with E-state index in [1.165, 1.54) is 12.3 Å². The molecule has 2 aromatic carbocycles. The summed E-state index contributed by atoms with van der Waals surface area (Å²) in [7, 11) is -2.00. The van der Waals surface area contributed by atoms with Gasteiger partial charge in [0.25, 0.3) is 0 Å². The van der Waals surface area contributed by atoms with Gasteiger partial charge in [-0.2, -0.15) is 0 Å². The van der Waals surface area contributed by atoms with Crippen molar-refractivity contribution in [1.82, 2.24) is 5.32 Å². The maximum Gasteiger partial charge on any atom is 0.238 e. The summed E-state index contributed by atoms with van der Waals surface area (Å²) in [6, 6.07) is 12.6. The Morgan fingerprint density at radius 3 is 2.45 bits per heavy atom.